The van der Waals surface area contributed by atoms with Gasteiger partial charge in [0.15, 0.2) is 0 Å². The van der Waals surface area contributed by atoms with E-state index in [2.05, 4.69) is 10.0 Å². The van der Waals surface area contributed by atoms with Crippen LogP contribution < -0.4 is 0 Å². The molecule has 0 aliphatic rings. The van der Waals surface area contributed by atoms with Crippen LogP contribution in [0.3, 0.4) is 0 Å². The topological polar surface area (TPSA) is 89.2 Å². The second-order valence-electron chi connectivity index (χ2n) is 3.42. The molecule has 0 radical (unpaired) electrons. The van der Waals surface area contributed by atoms with Crippen molar-refractivity contribution in [3.63, 3.8) is 0 Å². The summed E-state index contributed by atoms with van der Waals surface area (Å²) in [5.41, 5.74) is 7.17. The Labute approximate surface area is 71.7 Å². The van der Waals surface area contributed by atoms with E-state index in [4.69, 9.17) is 10.6 Å². The summed E-state index contributed by atoms with van der Waals surface area (Å²) in [4.78, 5) is 2.52. The lowest BCUT2D eigenvalue weighted by molar-refractivity contribution is 0.0503. The number of aliphatic hydroxyl groups is 2. The van der Waals surface area contributed by atoms with Gasteiger partial charge in [-0.15, -0.1) is 0 Å². The number of hydrogen-bond donors (Lipinski definition) is 2. The molecule has 0 heterocycles. The highest BCUT2D eigenvalue weighted by molar-refractivity contribution is 4.69. The molecular weight excluding hydrogens is 158 g/mol. The minimum Gasteiger partial charge on any atom is -0.393 e. The molecule has 0 aromatic rings. The summed E-state index contributed by atoms with van der Waals surface area (Å²) >= 11 is 0. The van der Waals surface area contributed by atoms with E-state index in [0.717, 1.165) is 0 Å². The first-order chi connectivity index (χ1) is 5.45. The van der Waals surface area contributed by atoms with Gasteiger partial charge in [-0.25, -0.2) is 0 Å². The maximum Gasteiger partial charge on any atom is 0.0597 e. The molecule has 70 valence electrons. The highest BCUT2D eigenvalue weighted by Crippen LogP contribution is 2.12. The average molecular weight is 173 g/mol. The molecule has 2 N–H and O–H groups in total. The van der Waals surface area contributed by atoms with Crippen LogP contribution in [0.2, 0.25) is 0 Å². The van der Waals surface area contributed by atoms with Crippen molar-refractivity contribution in [2.24, 2.45) is 5.11 Å². The third-order valence-corrected chi connectivity index (χ3v) is 1.45. The molecule has 0 unspecified atom stereocenters. The van der Waals surface area contributed by atoms with Gasteiger partial charge in [-0.2, -0.15) is 0 Å². The normalized spacial score (nSPS) is 13.7. The van der Waals surface area contributed by atoms with Gasteiger partial charge in [0.1, 0.15) is 0 Å². The summed E-state index contributed by atoms with van der Waals surface area (Å²) in [6.07, 6.45) is 0.296. The maximum atomic E-state index is 9.28. The fraction of sp³-hybridized carbons (Fsp3) is 1.00. The molecule has 1 atom stereocenters. The summed E-state index contributed by atoms with van der Waals surface area (Å²) < 4.78 is 0. The lowest BCUT2D eigenvalue weighted by Crippen LogP contribution is -2.22. The van der Waals surface area contributed by atoms with Crippen LogP contribution in [0.5, 0.6) is 0 Å². The van der Waals surface area contributed by atoms with Gasteiger partial charge in [0.2, 0.25) is 0 Å². The fourth-order valence-corrected chi connectivity index (χ4v) is 0.742. The smallest absolute Gasteiger partial charge is 0.0597 e. The molecule has 0 saturated heterocycles. The Bertz CT molecular complexity index is 170. The van der Waals surface area contributed by atoms with Crippen LogP contribution >= 0.6 is 0 Å². The van der Waals surface area contributed by atoms with Crippen LogP contribution in [-0.4, -0.2) is 28.5 Å². The van der Waals surface area contributed by atoms with E-state index in [-0.39, 0.29) is 6.54 Å². The lowest BCUT2D eigenvalue weighted by Gasteiger charge is -2.18. The van der Waals surface area contributed by atoms with Gasteiger partial charge < -0.3 is 10.2 Å². The van der Waals surface area contributed by atoms with E-state index in [0.29, 0.717) is 12.8 Å². The van der Waals surface area contributed by atoms with E-state index in [1.165, 1.54) is 0 Å². The first kappa shape index (κ1) is 11.2. The van der Waals surface area contributed by atoms with Gasteiger partial charge in [-0.3, -0.25) is 0 Å². The van der Waals surface area contributed by atoms with E-state index in [1.54, 1.807) is 13.8 Å². The van der Waals surface area contributed by atoms with E-state index in [1.807, 2.05) is 0 Å². The molecule has 0 fully saturated rings. The van der Waals surface area contributed by atoms with Crippen molar-refractivity contribution in [3.8, 4) is 0 Å². The Hall–Kier alpha value is -0.770. The number of azide groups is 1. The molecule has 0 aliphatic carbocycles. The molecule has 0 bridgehead atoms. The first-order valence-electron chi connectivity index (χ1n) is 3.87. The predicted molar refractivity (Wildman–Crippen MR) is 45.6 cm³/mol. The molecule has 0 rings (SSSR count). The zero-order valence-electron chi connectivity index (χ0n) is 7.43. The molecule has 0 aliphatic heterocycles. The van der Waals surface area contributed by atoms with Gasteiger partial charge in [0.05, 0.1) is 18.2 Å². The van der Waals surface area contributed by atoms with Crippen molar-refractivity contribution in [2.45, 2.75) is 38.4 Å². The zero-order chi connectivity index (χ0) is 9.61. The van der Waals surface area contributed by atoms with Gasteiger partial charge in [-0.1, -0.05) is 5.11 Å². The van der Waals surface area contributed by atoms with Crippen molar-refractivity contribution in [1.82, 2.24) is 0 Å². The Morgan fingerprint density at radius 3 is 2.58 bits per heavy atom. The monoisotopic (exact) mass is 173 g/mol. The van der Waals surface area contributed by atoms with Gasteiger partial charge in [0, 0.05) is 4.91 Å². The van der Waals surface area contributed by atoms with Crippen LogP contribution in [-0.2, 0) is 0 Å². The number of aliphatic hydroxyl groups excluding tert-OH is 1. The van der Waals surface area contributed by atoms with Crippen LogP contribution in [0.1, 0.15) is 26.7 Å². The summed E-state index contributed by atoms with van der Waals surface area (Å²) in [6.45, 7) is 3.42. The molecule has 5 nitrogen and oxygen atoms in total. The van der Waals surface area contributed by atoms with Gasteiger partial charge >= 0.3 is 0 Å². The molecule has 0 amide bonds. The number of nitrogens with zero attached hydrogens (tertiary/aromatic N) is 3. The lowest BCUT2D eigenvalue weighted by atomic mass is 10.0. The Balaban J connectivity index is 3.57. The maximum absolute atomic E-state index is 9.28. The minimum absolute atomic E-state index is 0.0760. The molecular formula is C7H15N3O2. The van der Waals surface area contributed by atoms with Crippen molar-refractivity contribution in [2.75, 3.05) is 6.54 Å². The average Bonchev–Trinajstić information content (AvgIpc) is 1.95. The SMILES string of the molecule is CC(C)(O)CC[C@H](O)CN=[N+]=[N-]. The van der Waals surface area contributed by atoms with Crippen molar-refractivity contribution in [1.29, 1.82) is 0 Å². The third-order valence-electron chi connectivity index (χ3n) is 1.45. The van der Waals surface area contributed by atoms with E-state index >= 15 is 0 Å². The number of rotatable bonds is 5. The van der Waals surface area contributed by atoms with Crippen LogP contribution in [0.25, 0.3) is 10.4 Å². The van der Waals surface area contributed by atoms with E-state index < -0.39 is 11.7 Å². The van der Waals surface area contributed by atoms with Gasteiger partial charge in [-0.05, 0) is 32.2 Å². The van der Waals surface area contributed by atoms with Gasteiger partial charge in [0.25, 0.3) is 0 Å². The molecule has 12 heavy (non-hydrogen) atoms. The Morgan fingerprint density at radius 2 is 2.17 bits per heavy atom. The third kappa shape index (κ3) is 7.34. The largest absolute Gasteiger partial charge is 0.393 e. The predicted octanol–water partition coefficient (Wildman–Crippen LogP) is 1.21. The van der Waals surface area contributed by atoms with Crippen molar-refractivity contribution >= 4 is 0 Å². The Morgan fingerprint density at radius 1 is 1.58 bits per heavy atom. The fourth-order valence-electron chi connectivity index (χ4n) is 0.742. The summed E-state index contributed by atoms with van der Waals surface area (Å²) in [6, 6.07) is 0. The quantitative estimate of drug-likeness (QED) is 0.371. The van der Waals surface area contributed by atoms with Crippen LogP contribution in [0.4, 0.5) is 0 Å². The highest BCUT2D eigenvalue weighted by Gasteiger charge is 2.14. The Kier molecular flexibility index (Phi) is 4.66. The zero-order valence-corrected chi connectivity index (χ0v) is 7.43. The highest BCUT2D eigenvalue weighted by atomic mass is 16.3. The summed E-state index contributed by atoms with van der Waals surface area (Å²) in [5, 5.41) is 21.7. The number of hydrogen-bond acceptors (Lipinski definition) is 3. The van der Waals surface area contributed by atoms with Crippen molar-refractivity contribution in [3.05, 3.63) is 10.4 Å². The molecule has 0 aromatic heterocycles. The summed E-state index contributed by atoms with van der Waals surface area (Å²) in [5.74, 6) is 0. The van der Waals surface area contributed by atoms with Crippen LogP contribution in [0.15, 0.2) is 5.11 Å². The van der Waals surface area contributed by atoms with Crippen molar-refractivity contribution < 1.29 is 10.2 Å². The second kappa shape index (κ2) is 4.98. The second-order valence-corrected chi connectivity index (χ2v) is 3.42. The molecule has 0 aromatic carbocycles. The molecule has 5 heteroatoms. The molecule has 0 spiro atoms. The minimum atomic E-state index is -0.767. The molecule has 0 saturated carbocycles. The van der Waals surface area contributed by atoms with Crippen LogP contribution in [0, 0.1) is 0 Å². The standard InChI is InChI=1S/C7H15N3O2/c1-7(2,12)4-3-6(11)5-9-10-8/h6,11-12H,3-5H2,1-2H3/t6-/m0/s1. The summed E-state index contributed by atoms with van der Waals surface area (Å²) in [7, 11) is 0. The van der Waals surface area contributed by atoms with E-state index in [9.17, 15) is 5.11 Å². The first-order valence-corrected chi connectivity index (χ1v) is 3.87.